The first-order chi connectivity index (χ1) is 12.8. The summed E-state index contributed by atoms with van der Waals surface area (Å²) in [6, 6.07) is 10.7. The minimum atomic E-state index is -2.56. The van der Waals surface area contributed by atoms with E-state index >= 15 is 0 Å². The molecule has 3 N–H and O–H groups in total. The predicted molar refractivity (Wildman–Crippen MR) is 111 cm³/mol. The number of fused-ring (bicyclic) bond motifs is 1. The third-order valence-corrected chi connectivity index (χ3v) is 6.56. The Balaban J connectivity index is 2.25. The molecule has 0 radical (unpaired) electrons. The average Bonchev–Trinajstić information content (AvgIpc) is 3.01. The van der Waals surface area contributed by atoms with Gasteiger partial charge in [-0.2, -0.15) is 5.26 Å². The lowest BCUT2D eigenvalue weighted by Gasteiger charge is -2.10. The first-order valence-corrected chi connectivity index (χ1v) is 9.95. The third kappa shape index (κ3) is 3.55. The number of hydrogen-bond donors (Lipinski definition) is 2. The van der Waals surface area contributed by atoms with Gasteiger partial charge in [-0.05, 0) is 66.9 Å². The summed E-state index contributed by atoms with van der Waals surface area (Å²) >= 11 is 6.10. The number of nitrogens with one attached hydrogen (secondary N) is 1. The van der Waals surface area contributed by atoms with E-state index < -0.39 is 13.7 Å². The predicted octanol–water partition coefficient (Wildman–Crippen LogP) is 3.58. The molecule has 0 bridgehead atoms. The van der Waals surface area contributed by atoms with E-state index in [0.717, 1.165) is 16.7 Å². The Morgan fingerprint density at radius 2 is 2.04 bits per heavy atom. The number of benzene rings is 2. The molecule has 1 heterocycles. The van der Waals surface area contributed by atoms with Gasteiger partial charge in [0.1, 0.15) is 13.5 Å². The van der Waals surface area contributed by atoms with Gasteiger partial charge in [0.05, 0.1) is 11.4 Å². The molecule has 0 aliphatic heterocycles. The van der Waals surface area contributed by atoms with E-state index in [1.165, 1.54) is 6.08 Å². The van der Waals surface area contributed by atoms with Crippen LogP contribution in [0.15, 0.2) is 36.4 Å². The number of carbonyl (C=O) groups is 1. The topological polar surface area (TPSA) is 99.7 Å². The number of aryl methyl sites for hydroxylation is 1. The summed E-state index contributed by atoms with van der Waals surface area (Å²) in [5.41, 5.74) is 9.04. The van der Waals surface area contributed by atoms with Crippen LogP contribution in [0, 0.1) is 25.2 Å². The standard InChI is InChI=1S/C20H17ClN3O2P/c1-11-8-15(9-13(12(11)2)4-3-7-22)27(26)19-16-10-14(21)5-6-17(16)24-18(19)20(23)25/h3-6,8-10,24,27H,1-2H3,(H2,23,25). The van der Waals surface area contributed by atoms with Gasteiger partial charge in [0, 0.05) is 27.3 Å². The van der Waals surface area contributed by atoms with Crippen molar-refractivity contribution in [2.45, 2.75) is 13.8 Å². The molecule has 0 saturated heterocycles. The summed E-state index contributed by atoms with van der Waals surface area (Å²) in [6.07, 6.45) is 3.06. The van der Waals surface area contributed by atoms with E-state index in [1.54, 1.807) is 30.3 Å². The molecule has 1 amide bonds. The molecule has 3 rings (SSSR count). The lowest BCUT2D eigenvalue weighted by molar-refractivity contribution is 0.0997. The SMILES string of the molecule is Cc1cc([PH](=O)c2c(C(N)=O)[nH]c3ccc(Cl)cc23)cc(C=CC#N)c1C. The van der Waals surface area contributed by atoms with Crippen LogP contribution in [-0.4, -0.2) is 10.9 Å². The van der Waals surface area contributed by atoms with Crippen LogP contribution in [0.5, 0.6) is 0 Å². The van der Waals surface area contributed by atoms with Crippen molar-refractivity contribution in [3.05, 3.63) is 63.8 Å². The van der Waals surface area contributed by atoms with Crippen LogP contribution in [0.1, 0.15) is 27.2 Å². The number of allylic oxidation sites excluding steroid dienone is 1. The van der Waals surface area contributed by atoms with Gasteiger partial charge < -0.3 is 15.3 Å². The van der Waals surface area contributed by atoms with Crippen LogP contribution < -0.4 is 16.3 Å². The lowest BCUT2D eigenvalue weighted by Crippen LogP contribution is -2.21. The van der Waals surface area contributed by atoms with E-state index in [9.17, 15) is 9.36 Å². The van der Waals surface area contributed by atoms with Crippen LogP contribution >= 0.6 is 19.4 Å². The molecule has 1 unspecified atom stereocenters. The number of nitrogens with two attached hydrogens (primary N) is 1. The van der Waals surface area contributed by atoms with Crippen LogP contribution in [0.4, 0.5) is 0 Å². The summed E-state index contributed by atoms with van der Waals surface area (Å²) < 4.78 is 13.5. The number of aromatic nitrogens is 1. The molecule has 0 aliphatic carbocycles. The van der Waals surface area contributed by atoms with E-state index in [2.05, 4.69) is 4.98 Å². The summed E-state index contributed by atoms with van der Waals surface area (Å²) in [7, 11) is -2.56. The van der Waals surface area contributed by atoms with Gasteiger partial charge in [-0.25, -0.2) is 0 Å². The molecule has 0 spiro atoms. The first kappa shape index (κ1) is 19.0. The second-order valence-corrected chi connectivity index (χ2v) is 8.40. The quantitative estimate of drug-likeness (QED) is 0.519. The van der Waals surface area contributed by atoms with Crippen LogP contribution in [-0.2, 0) is 4.57 Å². The number of amides is 1. The molecule has 5 nitrogen and oxygen atoms in total. The smallest absolute Gasteiger partial charge is 0.265 e. The summed E-state index contributed by atoms with van der Waals surface area (Å²) in [6.45, 7) is 3.85. The first-order valence-electron chi connectivity index (χ1n) is 8.16. The number of halogens is 1. The van der Waals surface area contributed by atoms with Gasteiger partial charge in [-0.3, -0.25) is 4.79 Å². The normalized spacial score (nSPS) is 12.4. The Morgan fingerprint density at radius 3 is 2.70 bits per heavy atom. The van der Waals surface area contributed by atoms with Gasteiger partial charge in [0.25, 0.3) is 5.91 Å². The Hall–Kier alpha value is -2.80. The number of H-pyrrole nitrogens is 1. The maximum absolute atomic E-state index is 13.5. The molecule has 7 heteroatoms. The van der Waals surface area contributed by atoms with Crippen molar-refractivity contribution in [2.75, 3.05) is 0 Å². The molecule has 0 saturated carbocycles. The van der Waals surface area contributed by atoms with Gasteiger partial charge >= 0.3 is 0 Å². The van der Waals surface area contributed by atoms with E-state index in [-0.39, 0.29) is 5.69 Å². The third-order valence-electron chi connectivity index (χ3n) is 4.54. The Morgan fingerprint density at radius 1 is 1.30 bits per heavy atom. The highest BCUT2D eigenvalue weighted by Gasteiger charge is 2.22. The maximum atomic E-state index is 13.5. The average molecular weight is 398 g/mol. The highest BCUT2D eigenvalue weighted by molar-refractivity contribution is 7.62. The van der Waals surface area contributed by atoms with Crippen LogP contribution in [0.2, 0.25) is 5.02 Å². The van der Waals surface area contributed by atoms with Gasteiger partial charge in [0.15, 0.2) is 0 Å². The maximum Gasteiger partial charge on any atom is 0.265 e. The Labute approximate surface area is 162 Å². The molecule has 1 aromatic heterocycles. The van der Waals surface area contributed by atoms with E-state index in [4.69, 9.17) is 22.6 Å². The minimum absolute atomic E-state index is 0.128. The molecule has 27 heavy (non-hydrogen) atoms. The van der Waals surface area contributed by atoms with Gasteiger partial charge in [0.2, 0.25) is 0 Å². The molecular weight excluding hydrogens is 381 g/mol. The van der Waals surface area contributed by atoms with Crippen molar-refractivity contribution < 1.29 is 9.36 Å². The fraction of sp³-hybridized carbons (Fsp3) is 0.100. The molecule has 2 aromatic carbocycles. The Bertz CT molecular complexity index is 1170. The highest BCUT2D eigenvalue weighted by Crippen LogP contribution is 2.31. The van der Waals surface area contributed by atoms with Crippen molar-refractivity contribution in [3.8, 4) is 6.07 Å². The minimum Gasteiger partial charge on any atom is -0.364 e. The summed E-state index contributed by atoms with van der Waals surface area (Å²) in [4.78, 5) is 14.9. The number of primary amides is 1. The second kappa shape index (κ2) is 7.44. The lowest BCUT2D eigenvalue weighted by atomic mass is 10.0. The second-order valence-electron chi connectivity index (χ2n) is 6.23. The summed E-state index contributed by atoms with van der Waals surface area (Å²) in [5.74, 6) is -0.677. The van der Waals surface area contributed by atoms with E-state index in [1.807, 2.05) is 26.0 Å². The highest BCUT2D eigenvalue weighted by atomic mass is 35.5. The molecule has 136 valence electrons. The van der Waals surface area contributed by atoms with Gasteiger partial charge in [-0.1, -0.05) is 11.6 Å². The van der Waals surface area contributed by atoms with Crippen LogP contribution in [0.25, 0.3) is 17.0 Å². The van der Waals surface area contributed by atoms with Crippen molar-refractivity contribution in [2.24, 2.45) is 5.73 Å². The van der Waals surface area contributed by atoms with Gasteiger partial charge in [-0.15, -0.1) is 0 Å². The number of hydrogen-bond acceptors (Lipinski definition) is 3. The zero-order valence-corrected chi connectivity index (χ0v) is 16.5. The number of aromatic amines is 1. The number of nitriles is 1. The largest absolute Gasteiger partial charge is 0.364 e. The summed E-state index contributed by atoms with van der Waals surface area (Å²) in [5, 5.41) is 10.9. The number of nitrogens with zero attached hydrogens (tertiary/aromatic N) is 1. The molecule has 0 aliphatic rings. The molecule has 1 atom stereocenters. The van der Waals surface area contributed by atoms with Crippen molar-refractivity contribution in [1.29, 1.82) is 5.26 Å². The van der Waals surface area contributed by atoms with Crippen molar-refractivity contribution >= 4 is 52.9 Å². The van der Waals surface area contributed by atoms with Crippen molar-refractivity contribution in [1.82, 2.24) is 4.98 Å². The van der Waals surface area contributed by atoms with Crippen LogP contribution in [0.3, 0.4) is 0 Å². The number of carbonyl (C=O) groups excluding carboxylic acids is 1. The van der Waals surface area contributed by atoms with E-state index in [0.29, 0.717) is 26.5 Å². The zero-order valence-electron chi connectivity index (χ0n) is 14.8. The monoisotopic (exact) mass is 397 g/mol. The molecule has 0 fully saturated rings. The van der Waals surface area contributed by atoms with Crippen molar-refractivity contribution in [3.63, 3.8) is 0 Å². The zero-order chi connectivity index (χ0) is 19.7. The number of rotatable bonds is 4. The Kier molecular flexibility index (Phi) is 5.23. The fourth-order valence-corrected chi connectivity index (χ4v) is 5.01. The fourth-order valence-electron chi connectivity index (χ4n) is 3.05. The molecule has 3 aromatic rings. The molecular formula is C20H17ClN3O2P.